The van der Waals surface area contributed by atoms with Crippen LogP contribution < -0.4 is 5.32 Å². The van der Waals surface area contributed by atoms with Crippen LogP contribution in [0, 0.1) is 0 Å². The largest absolute Gasteiger partial charge is 0.480 e. The smallest absolute Gasteiger partial charge is 0.325 e. The van der Waals surface area contributed by atoms with Gasteiger partial charge in [0, 0.05) is 22.0 Å². The number of carbonyl (C=O) groups is 2. The molecule has 3 rings (SSSR count). The molecule has 1 unspecified atom stereocenters. The number of hydrogen-bond donors (Lipinski definition) is 2. The fourth-order valence-electron chi connectivity index (χ4n) is 2.33. The third-order valence-electron chi connectivity index (χ3n) is 3.75. The standard InChI is InChI=1S/C16H15ClN2O3/c1-8(16(21)22)18-15(20)12-7-14(9-2-3-9)19-13-5-4-10(17)6-11(12)13/h4-9H,2-3H2,1H3,(H,18,20)(H,21,22). The highest BCUT2D eigenvalue weighted by Gasteiger charge is 2.27. The van der Waals surface area contributed by atoms with Crippen LogP contribution in [0.2, 0.25) is 5.02 Å². The van der Waals surface area contributed by atoms with E-state index in [9.17, 15) is 9.59 Å². The Kier molecular flexibility index (Phi) is 3.74. The van der Waals surface area contributed by atoms with Gasteiger partial charge in [-0.15, -0.1) is 0 Å². The number of hydrogen-bond acceptors (Lipinski definition) is 3. The molecule has 0 bridgehead atoms. The van der Waals surface area contributed by atoms with Crippen molar-refractivity contribution in [1.29, 1.82) is 0 Å². The maximum Gasteiger partial charge on any atom is 0.325 e. The highest BCUT2D eigenvalue weighted by molar-refractivity contribution is 6.31. The summed E-state index contributed by atoms with van der Waals surface area (Å²) >= 11 is 6.01. The third kappa shape index (κ3) is 2.90. The molecule has 1 fully saturated rings. The summed E-state index contributed by atoms with van der Waals surface area (Å²) in [5, 5.41) is 12.6. The molecule has 6 heteroatoms. The molecule has 114 valence electrons. The molecule has 0 spiro atoms. The molecular weight excluding hydrogens is 304 g/mol. The highest BCUT2D eigenvalue weighted by atomic mass is 35.5. The van der Waals surface area contributed by atoms with Gasteiger partial charge in [0.1, 0.15) is 6.04 Å². The zero-order chi connectivity index (χ0) is 15.9. The second-order valence-corrected chi connectivity index (χ2v) is 6.00. The van der Waals surface area contributed by atoms with Crippen molar-refractivity contribution in [2.24, 2.45) is 0 Å². The summed E-state index contributed by atoms with van der Waals surface area (Å²) in [6.45, 7) is 1.43. The van der Waals surface area contributed by atoms with E-state index in [-0.39, 0.29) is 0 Å². The lowest BCUT2D eigenvalue weighted by Crippen LogP contribution is -2.38. The molecule has 1 aromatic carbocycles. The Bertz CT molecular complexity index is 771. The van der Waals surface area contributed by atoms with Gasteiger partial charge in [0.05, 0.1) is 11.1 Å². The Hall–Kier alpha value is -2.14. The van der Waals surface area contributed by atoms with Gasteiger partial charge in [-0.3, -0.25) is 14.6 Å². The van der Waals surface area contributed by atoms with Crippen molar-refractivity contribution < 1.29 is 14.7 Å². The Labute approximate surface area is 132 Å². The molecule has 0 aliphatic heterocycles. The van der Waals surface area contributed by atoms with Gasteiger partial charge in [-0.1, -0.05) is 11.6 Å². The number of aromatic nitrogens is 1. The number of halogens is 1. The van der Waals surface area contributed by atoms with Crippen LogP contribution in [0.1, 0.15) is 41.7 Å². The lowest BCUT2D eigenvalue weighted by molar-refractivity contribution is -0.138. The Morgan fingerprint density at radius 2 is 2.09 bits per heavy atom. The first kappa shape index (κ1) is 14.8. The van der Waals surface area contributed by atoms with E-state index in [1.54, 1.807) is 24.3 Å². The Morgan fingerprint density at radius 3 is 2.73 bits per heavy atom. The molecule has 0 radical (unpaired) electrons. The highest BCUT2D eigenvalue weighted by Crippen LogP contribution is 2.40. The first-order valence-corrected chi connectivity index (χ1v) is 7.47. The quantitative estimate of drug-likeness (QED) is 0.908. The minimum atomic E-state index is -1.08. The molecule has 0 saturated heterocycles. The van der Waals surface area contributed by atoms with Gasteiger partial charge < -0.3 is 10.4 Å². The number of nitrogens with zero attached hydrogens (tertiary/aromatic N) is 1. The number of carbonyl (C=O) groups excluding carboxylic acids is 1. The average molecular weight is 319 g/mol. The van der Waals surface area contributed by atoms with Crippen molar-refractivity contribution in [1.82, 2.24) is 10.3 Å². The number of nitrogens with one attached hydrogen (secondary N) is 1. The average Bonchev–Trinajstić information content (AvgIpc) is 3.30. The fourth-order valence-corrected chi connectivity index (χ4v) is 2.50. The molecule has 1 aliphatic rings. The predicted molar refractivity (Wildman–Crippen MR) is 83.3 cm³/mol. The number of benzene rings is 1. The summed E-state index contributed by atoms with van der Waals surface area (Å²) in [5.41, 5.74) is 1.99. The van der Waals surface area contributed by atoms with E-state index in [0.29, 0.717) is 27.4 Å². The number of aliphatic carboxylic acids is 1. The fraction of sp³-hybridized carbons (Fsp3) is 0.312. The van der Waals surface area contributed by atoms with Crippen LogP contribution in [0.3, 0.4) is 0 Å². The van der Waals surface area contributed by atoms with E-state index in [4.69, 9.17) is 16.7 Å². The summed E-state index contributed by atoms with van der Waals surface area (Å²) < 4.78 is 0. The van der Waals surface area contributed by atoms with Gasteiger partial charge in [-0.05, 0) is 44.0 Å². The van der Waals surface area contributed by atoms with Crippen LogP contribution in [-0.2, 0) is 4.79 Å². The molecule has 1 aliphatic carbocycles. The van der Waals surface area contributed by atoms with Gasteiger partial charge in [0.15, 0.2) is 0 Å². The third-order valence-corrected chi connectivity index (χ3v) is 3.98. The van der Waals surface area contributed by atoms with Crippen molar-refractivity contribution in [2.75, 3.05) is 0 Å². The summed E-state index contributed by atoms with van der Waals surface area (Å²) in [5.74, 6) is -1.11. The van der Waals surface area contributed by atoms with E-state index in [1.165, 1.54) is 6.92 Å². The van der Waals surface area contributed by atoms with E-state index in [1.807, 2.05) is 0 Å². The Balaban J connectivity index is 2.07. The van der Waals surface area contributed by atoms with E-state index in [0.717, 1.165) is 18.5 Å². The van der Waals surface area contributed by atoms with Crippen LogP contribution in [0.4, 0.5) is 0 Å². The minimum absolute atomic E-state index is 0.392. The number of fused-ring (bicyclic) bond motifs is 1. The SMILES string of the molecule is CC(NC(=O)c1cc(C2CC2)nc2ccc(Cl)cc12)C(=O)O. The summed E-state index contributed by atoms with van der Waals surface area (Å²) in [7, 11) is 0. The zero-order valence-electron chi connectivity index (χ0n) is 12.0. The molecular formula is C16H15ClN2O3. The molecule has 1 amide bonds. The normalized spacial score (nSPS) is 15.5. The number of carboxylic acids is 1. The topological polar surface area (TPSA) is 79.3 Å². The number of amides is 1. The van der Waals surface area contributed by atoms with Gasteiger partial charge in [0.25, 0.3) is 5.91 Å². The summed E-state index contributed by atoms with van der Waals surface area (Å²) in [4.78, 5) is 27.9. The second-order valence-electron chi connectivity index (χ2n) is 5.56. The minimum Gasteiger partial charge on any atom is -0.480 e. The monoisotopic (exact) mass is 318 g/mol. The van der Waals surface area contributed by atoms with Gasteiger partial charge in [0.2, 0.25) is 0 Å². The molecule has 1 aromatic heterocycles. The van der Waals surface area contributed by atoms with E-state index >= 15 is 0 Å². The lowest BCUT2D eigenvalue weighted by Gasteiger charge is -2.12. The van der Waals surface area contributed by atoms with Gasteiger partial charge in [-0.2, -0.15) is 0 Å². The maximum absolute atomic E-state index is 12.4. The van der Waals surface area contributed by atoms with Crippen molar-refractivity contribution in [2.45, 2.75) is 31.7 Å². The Morgan fingerprint density at radius 1 is 1.36 bits per heavy atom. The first-order valence-electron chi connectivity index (χ1n) is 7.09. The van der Waals surface area contributed by atoms with Crippen molar-refractivity contribution >= 4 is 34.4 Å². The van der Waals surface area contributed by atoms with Gasteiger partial charge >= 0.3 is 5.97 Å². The van der Waals surface area contributed by atoms with Crippen molar-refractivity contribution in [3.05, 3.63) is 40.5 Å². The summed E-state index contributed by atoms with van der Waals surface area (Å²) in [6.07, 6.45) is 2.14. The predicted octanol–water partition coefficient (Wildman–Crippen LogP) is 2.97. The van der Waals surface area contributed by atoms with Crippen LogP contribution in [-0.4, -0.2) is 28.0 Å². The summed E-state index contributed by atoms with van der Waals surface area (Å²) in [6, 6.07) is 5.98. The van der Waals surface area contributed by atoms with Crippen LogP contribution in [0.5, 0.6) is 0 Å². The molecule has 1 saturated carbocycles. The van der Waals surface area contributed by atoms with Crippen LogP contribution >= 0.6 is 11.6 Å². The number of rotatable bonds is 4. The molecule has 1 heterocycles. The zero-order valence-corrected chi connectivity index (χ0v) is 12.7. The first-order chi connectivity index (χ1) is 10.5. The van der Waals surface area contributed by atoms with E-state index < -0.39 is 17.9 Å². The lowest BCUT2D eigenvalue weighted by atomic mass is 10.0. The van der Waals surface area contributed by atoms with Crippen LogP contribution in [0.25, 0.3) is 10.9 Å². The molecule has 2 aromatic rings. The maximum atomic E-state index is 12.4. The van der Waals surface area contributed by atoms with Crippen LogP contribution in [0.15, 0.2) is 24.3 Å². The number of pyridine rings is 1. The van der Waals surface area contributed by atoms with Crippen molar-refractivity contribution in [3.8, 4) is 0 Å². The second kappa shape index (κ2) is 5.57. The molecule has 5 nitrogen and oxygen atoms in total. The van der Waals surface area contributed by atoms with Gasteiger partial charge in [-0.25, -0.2) is 0 Å². The molecule has 1 atom stereocenters. The molecule has 22 heavy (non-hydrogen) atoms. The van der Waals surface area contributed by atoms with E-state index in [2.05, 4.69) is 10.3 Å². The number of carboxylic acid groups (broad SMARTS) is 1. The van der Waals surface area contributed by atoms with Crippen molar-refractivity contribution in [3.63, 3.8) is 0 Å². The molecule has 2 N–H and O–H groups in total.